The first kappa shape index (κ1) is 13.8. The van der Waals surface area contributed by atoms with Crippen molar-refractivity contribution in [1.29, 1.82) is 0 Å². The monoisotopic (exact) mass is 329 g/mol. The van der Waals surface area contributed by atoms with E-state index in [-0.39, 0.29) is 5.02 Å². The highest BCUT2D eigenvalue weighted by Gasteiger charge is 2.14. The van der Waals surface area contributed by atoms with Crippen LogP contribution in [0.5, 0.6) is 0 Å². The average Bonchev–Trinajstić information content (AvgIpc) is 3.02. The third kappa shape index (κ3) is 2.53. The van der Waals surface area contributed by atoms with Gasteiger partial charge in [0.25, 0.3) is 0 Å². The molecule has 0 aliphatic carbocycles. The summed E-state index contributed by atoms with van der Waals surface area (Å²) >= 11 is 13.1. The minimum absolute atomic E-state index is 0.0771. The lowest BCUT2D eigenvalue weighted by atomic mass is 10.3. The highest BCUT2D eigenvalue weighted by molar-refractivity contribution is 7.07. The highest BCUT2D eigenvalue weighted by atomic mass is 35.5. The van der Waals surface area contributed by atoms with Crippen molar-refractivity contribution in [2.24, 2.45) is 0 Å². The van der Waals surface area contributed by atoms with Gasteiger partial charge in [0, 0.05) is 23.7 Å². The lowest BCUT2D eigenvalue weighted by Crippen LogP contribution is -2.06. The second-order valence-corrected chi connectivity index (χ2v) is 5.79. The van der Waals surface area contributed by atoms with Crippen molar-refractivity contribution in [2.75, 3.05) is 5.88 Å². The summed E-state index contributed by atoms with van der Waals surface area (Å²) in [5, 5.41) is 2.04. The molecule has 0 bridgehead atoms. The van der Waals surface area contributed by atoms with Crippen LogP contribution in [-0.2, 0) is 13.0 Å². The van der Waals surface area contributed by atoms with E-state index in [9.17, 15) is 4.39 Å². The Bertz CT molecular complexity index is 740. The third-order valence-corrected chi connectivity index (χ3v) is 4.10. The molecule has 0 amide bonds. The van der Waals surface area contributed by atoms with Gasteiger partial charge in [0.05, 0.1) is 33.8 Å². The lowest BCUT2D eigenvalue weighted by molar-refractivity contribution is 0.628. The molecule has 20 heavy (non-hydrogen) atoms. The second kappa shape index (κ2) is 5.68. The molecule has 0 saturated carbocycles. The smallest absolute Gasteiger partial charge is 0.144 e. The molecular weight excluding hydrogens is 320 g/mol. The van der Waals surface area contributed by atoms with Crippen molar-refractivity contribution in [1.82, 2.24) is 14.5 Å². The fourth-order valence-corrected chi connectivity index (χ4v) is 2.98. The number of thiazole rings is 1. The Balaban J connectivity index is 2.15. The first-order valence-electron chi connectivity index (χ1n) is 5.96. The van der Waals surface area contributed by atoms with E-state index in [2.05, 4.69) is 9.97 Å². The Hall–Kier alpha value is -1.17. The van der Waals surface area contributed by atoms with Crippen molar-refractivity contribution in [3.63, 3.8) is 0 Å². The summed E-state index contributed by atoms with van der Waals surface area (Å²) in [5.41, 5.74) is 4.07. The van der Waals surface area contributed by atoms with E-state index in [1.165, 1.54) is 17.4 Å². The molecule has 3 aromatic rings. The molecule has 104 valence electrons. The number of imidazole rings is 1. The van der Waals surface area contributed by atoms with Gasteiger partial charge in [-0.1, -0.05) is 11.6 Å². The van der Waals surface area contributed by atoms with Gasteiger partial charge in [-0.25, -0.2) is 14.4 Å². The van der Waals surface area contributed by atoms with Crippen LogP contribution in [0.15, 0.2) is 23.0 Å². The Labute approximate surface area is 129 Å². The maximum absolute atomic E-state index is 13.7. The highest BCUT2D eigenvalue weighted by Crippen LogP contribution is 2.25. The maximum Gasteiger partial charge on any atom is 0.144 e. The molecule has 3 nitrogen and oxygen atoms in total. The van der Waals surface area contributed by atoms with E-state index in [0.29, 0.717) is 29.9 Å². The molecule has 0 radical (unpaired) electrons. The molecule has 0 N–H and O–H groups in total. The third-order valence-electron chi connectivity index (χ3n) is 2.99. The number of alkyl halides is 1. The molecule has 0 aliphatic rings. The number of aryl methyl sites for hydroxylation is 1. The summed E-state index contributed by atoms with van der Waals surface area (Å²) in [6.07, 6.45) is 0.611. The zero-order valence-electron chi connectivity index (χ0n) is 10.3. The standard InChI is InChI=1S/C13H10Cl2FN3S/c14-2-1-13-18-11-3-9(15)10(16)4-12(11)19(13)5-8-6-20-7-17-8/h3-4,6-7H,1-2,5H2. The number of halogens is 3. The molecule has 0 fully saturated rings. The molecule has 1 aromatic carbocycles. The molecule has 0 unspecified atom stereocenters. The van der Waals surface area contributed by atoms with Crippen molar-refractivity contribution in [3.8, 4) is 0 Å². The van der Waals surface area contributed by atoms with Gasteiger partial charge in [-0.2, -0.15) is 0 Å². The molecule has 0 spiro atoms. The van der Waals surface area contributed by atoms with E-state index in [0.717, 1.165) is 11.5 Å². The van der Waals surface area contributed by atoms with Crippen LogP contribution in [0, 0.1) is 5.82 Å². The zero-order chi connectivity index (χ0) is 14.1. The van der Waals surface area contributed by atoms with Gasteiger partial charge >= 0.3 is 0 Å². The largest absolute Gasteiger partial charge is 0.322 e. The summed E-state index contributed by atoms with van der Waals surface area (Å²) in [6, 6.07) is 2.95. The van der Waals surface area contributed by atoms with Gasteiger partial charge in [0.15, 0.2) is 0 Å². The molecule has 3 rings (SSSR count). The molecular formula is C13H10Cl2FN3S. The zero-order valence-corrected chi connectivity index (χ0v) is 12.6. The topological polar surface area (TPSA) is 30.7 Å². The fraction of sp³-hybridized carbons (Fsp3) is 0.231. The van der Waals surface area contributed by atoms with Crippen LogP contribution in [0.4, 0.5) is 4.39 Å². The number of rotatable bonds is 4. The molecule has 0 atom stereocenters. The summed E-state index contributed by atoms with van der Waals surface area (Å²) < 4.78 is 15.6. The van der Waals surface area contributed by atoms with Crippen molar-refractivity contribution in [3.05, 3.63) is 45.4 Å². The predicted molar refractivity (Wildman–Crippen MR) is 80.3 cm³/mol. The maximum atomic E-state index is 13.7. The molecule has 2 heterocycles. The number of hydrogen-bond acceptors (Lipinski definition) is 3. The van der Waals surface area contributed by atoms with Crippen LogP contribution in [0.3, 0.4) is 0 Å². The molecule has 0 aliphatic heterocycles. The van der Waals surface area contributed by atoms with Gasteiger partial charge in [0.1, 0.15) is 11.6 Å². The van der Waals surface area contributed by atoms with Crippen molar-refractivity contribution >= 4 is 45.6 Å². The number of benzene rings is 1. The Morgan fingerprint density at radius 2 is 2.20 bits per heavy atom. The molecule has 7 heteroatoms. The summed E-state index contributed by atoms with van der Waals surface area (Å²) in [5.74, 6) is 0.817. The SMILES string of the molecule is Fc1cc2c(cc1Cl)nc(CCCl)n2Cc1cscn1. The predicted octanol–water partition coefficient (Wildman–Crippen LogP) is 4.11. The summed E-state index contributed by atoms with van der Waals surface area (Å²) in [4.78, 5) is 8.74. The number of hydrogen-bond donors (Lipinski definition) is 0. The van der Waals surface area contributed by atoms with Crippen LogP contribution in [0.2, 0.25) is 5.02 Å². The summed E-state index contributed by atoms with van der Waals surface area (Å²) in [6.45, 7) is 0.549. The van der Waals surface area contributed by atoms with Crippen LogP contribution in [-0.4, -0.2) is 20.4 Å². The van der Waals surface area contributed by atoms with E-state index in [1.807, 2.05) is 9.95 Å². The van der Waals surface area contributed by atoms with Crippen LogP contribution in [0.25, 0.3) is 11.0 Å². The second-order valence-electron chi connectivity index (χ2n) is 4.29. The lowest BCUT2D eigenvalue weighted by Gasteiger charge is -2.06. The average molecular weight is 330 g/mol. The Morgan fingerprint density at radius 3 is 2.90 bits per heavy atom. The minimum Gasteiger partial charge on any atom is -0.322 e. The fourth-order valence-electron chi connectivity index (χ4n) is 2.10. The van der Waals surface area contributed by atoms with Crippen molar-refractivity contribution < 1.29 is 4.39 Å². The van der Waals surface area contributed by atoms with Gasteiger partial charge in [-0.3, -0.25) is 0 Å². The first-order chi connectivity index (χ1) is 9.69. The van der Waals surface area contributed by atoms with Gasteiger partial charge in [-0.15, -0.1) is 22.9 Å². The first-order valence-corrected chi connectivity index (χ1v) is 7.81. The number of aromatic nitrogens is 3. The van der Waals surface area contributed by atoms with E-state index in [1.54, 1.807) is 11.6 Å². The Morgan fingerprint density at radius 1 is 1.35 bits per heavy atom. The minimum atomic E-state index is -0.448. The van der Waals surface area contributed by atoms with Gasteiger partial charge in [-0.05, 0) is 6.07 Å². The van der Waals surface area contributed by atoms with Gasteiger partial charge in [0.2, 0.25) is 0 Å². The quantitative estimate of drug-likeness (QED) is 0.674. The van der Waals surface area contributed by atoms with Gasteiger partial charge < -0.3 is 4.57 Å². The summed E-state index contributed by atoms with van der Waals surface area (Å²) in [7, 11) is 0. The molecule has 2 aromatic heterocycles. The van der Waals surface area contributed by atoms with Crippen LogP contribution in [0.1, 0.15) is 11.5 Å². The Kier molecular flexibility index (Phi) is 3.92. The number of nitrogens with zero attached hydrogens (tertiary/aromatic N) is 3. The van der Waals surface area contributed by atoms with Crippen LogP contribution < -0.4 is 0 Å². The molecule has 0 saturated heterocycles. The number of fused-ring (bicyclic) bond motifs is 1. The van der Waals surface area contributed by atoms with Crippen molar-refractivity contribution in [2.45, 2.75) is 13.0 Å². The van der Waals surface area contributed by atoms with E-state index >= 15 is 0 Å². The normalized spacial score (nSPS) is 11.3. The van der Waals surface area contributed by atoms with E-state index < -0.39 is 5.82 Å². The van der Waals surface area contributed by atoms with E-state index in [4.69, 9.17) is 23.2 Å². The van der Waals surface area contributed by atoms with Crippen LogP contribution >= 0.6 is 34.5 Å².